The van der Waals surface area contributed by atoms with E-state index in [2.05, 4.69) is 5.32 Å². The van der Waals surface area contributed by atoms with Gasteiger partial charge in [-0.3, -0.25) is 9.59 Å². The van der Waals surface area contributed by atoms with Gasteiger partial charge in [-0.2, -0.15) is 0 Å². The van der Waals surface area contributed by atoms with Crippen molar-refractivity contribution in [1.82, 2.24) is 0 Å². The lowest BCUT2D eigenvalue weighted by Crippen LogP contribution is -2.50. The number of rotatable bonds is 4. The molecule has 1 amide bonds. The molecule has 2 rings (SSSR count). The van der Waals surface area contributed by atoms with Crippen LogP contribution >= 0.6 is 11.6 Å². The molecule has 20 heavy (non-hydrogen) atoms. The summed E-state index contributed by atoms with van der Waals surface area (Å²) in [4.78, 5) is 24.1. The molecule has 1 unspecified atom stereocenters. The van der Waals surface area contributed by atoms with Crippen molar-refractivity contribution in [2.75, 3.05) is 5.32 Å². The maximum absolute atomic E-state index is 12.2. The summed E-state index contributed by atoms with van der Waals surface area (Å²) in [6.45, 7) is 5.46. The zero-order chi connectivity index (χ0) is 14.9. The highest BCUT2D eigenvalue weighted by atomic mass is 35.5. The summed E-state index contributed by atoms with van der Waals surface area (Å²) in [6, 6.07) is 5.00. The zero-order valence-electron chi connectivity index (χ0n) is 11.8. The summed E-state index contributed by atoms with van der Waals surface area (Å²) >= 11 is 5.80. The largest absolute Gasteiger partial charge is 0.475 e. The van der Waals surface area contributed by atoms with E-state index in [4.69, 9.17) is 16.3 Å². The number of anilines is 1. The number of hydrogen-bond donors (Lipinski definition) is 1. The van der Waals surface area contributed by atoms with E-state index in [1.54, 1.807) is 25.1 Å². The van der Waals surface area contributed by atoms with Crippen LogP contribution in [0.4, 0.5) is 5.69 Å². The number of ketones is 1. The van der Waals surface area contributed by atoms with Crippen LogP contribution in [0.2, 0.25) is 0 Å². The van der Waals surface area contributed by atoms with Gasteiger partial charge in [0, 0.05) is 5.56 Å². The minimum Gasteiger partial charge on any atom is -0.475 e. The maximum atomic E-state index is 12.2. The normalized spacial score (nSPS) is 17.7. The average molecular weight is 296 g/mol. The topological polar surface area (TPSA) is 55.4 Å². The zero-order valence-corrected chi connectivity index (χ0v) is 12.6. The number of Topliss-reactive ketones (excluding diaryl/α,β-unsaturated/α-hetero) is 1. The van der Waals surface area contributed by atoms with Crippen molar-refractivity contribution in [3.63, 3.8) is 0 Å². The first-order chi connectivity index (χ1) is 9.43. The van der Waals surface area contributed by atoms with E-state index in [1.807, 2.05) is 13.8 Å². The molecule has 4 nitrogen and oxygen atoms in total. The van der Waals surface area contributed by atoms with Crippen molar-refractivity contribution in [2.24, 2.45) is 0 Å². The molecule has 0 fully saturated rings. The summed E-state index contributed by atoms with van der Waals surface area (Å²) in [5.74, 6) is 0.247. The molecule has 0 aliphatic carbocycles. The van der Waals surface area contributed by atoms with Crippen LogP contribution in [-0.2, 0) is 4.79 Å². The number of alkyl halides is 1. The van der Waals surface area contributed by atoms with Gasteiger partial charge in [-0.05, 0) is 38.0 Å². The number of amides is 1. The van der Waals surface area contributed by atoms with Crippen LogP contribution < -0.4 is 10.1 Å². The van der Waals surface area contributed by atoms with E-state index in [0.717, 1.165) is 0 Å². The Kier molecular flexibility index (Phi) is 4.04. The smallest absolute Gasteiger partial charge is 0.268 e. The fraction of sp³-hybridized carbons (Fsp3) is 0.467. The van der Waals surface area contributed by atoms with E-state index in [-0.39, 0.29) is 11.7 Å². The molecule has 1 heterocycles. The molecule has 1 N–H and O–H groups in total. The number of carbonyl (C=O) groups is 2. The van der Waals surface area contributed by atoms with E-state index in [0.29, 0.717) is 29.8 Å². The maximum Gasteiger partial charge on any atom is 0.268 e. The Balaban J connectivity index is 2.38. The van der Waals surface area contributed by atoms with Crippen molar-refractivity contribution in [2.45, 2.75) is 44.6 Å². The van der Waals surface area contributed by atoms with Gasteiger partial charge in [0.25, 0.3) is 5.91 Å². The first kappa shape index (κ1) is 14.9. The Morgan fingerprint density at radius 2 is 2.05 bits per heavy atom. The lowest BCUT2D eigenvalue weighted by molar-refractivity contribution is -0.133. The Labute approximate surface area is 123 Å². The van der Waals surface area contributed by atoms with Gasteiger partial charge >= 0.3 is 0 Å². The second-order valence-electron chi connectivity index (χ2n) is 4.95. The monoisotopic (exact) mass is 295 g/mol. The number of benzene rings is 1. The third kappa shape index (κ3) is 2.40. The predicted molar refractivity (Wildman–Crippen MR) is 78.7 cm³/mol. The molecule has 5 heteroatoms. The molecule has 0 saturated carbocycles. The Hall–Kier alpha value is -1.55. The second-order valence-corrected chi connectivity index (χ2v) is 5.60. The summed E-state index contributed by atoms with van der Waals surface area (Å²) in [7, 11) is 0. The van der Waals surface area contributed by atoms with Gasteiger partial charge < -0.3 is 10.1 Å². The molecule has 1 atom stereocenters. The number of carbonyl (C=O) groups excluding carboxylic acids is 2. The summed E-state index contributed by atoms with van der Waals surface area (Å²) in [6.07, 6.45) is 1.18. The van der Waals surface area contributed by atoms with Crippen LogP contribution in [0, 0.1) is 0 Å². The number of fused-ring (bicyclic) bond motifs is 1. The van der Waals surface area contributed by atoms with Crippen molar-refractivity contribution in [1.29, 1.82) is 0 Å². The first-order valence-electron chi connectivity index (χ1n) is 6.76. The van der Waals surface area contributed by atoms with Gasteiger partial charge in [-0.1, -0.05) is 13.8 Å². The van der Waals surface area contributed by atoms with Crippen molar-refractivity contribution in [3.8, 4) is 5.75 Å². The molecule has 1 aromatic rings. The van der Waals surface area contributed by atoms with Crippen LogP contribution in [0.25, 0.3) is 0 Å². The molecule has 0 radical (unpaired) electrons. The third-order valence-electron chi connectivity index (χ3n) is 3.73. The molecular weight excluding hydrogens is 278 g/mol. The SMILES string of the molecule is CCC1(CC)Oc2ccc(C(=O)C(C)Cl)cc2NC1=O. The number of nitrogens with one attached hydrogen (secondary N) is 1. The van der Waals surface area contributed by atoms with Gasteiger partial charge in [0.05, 0.1) is 11.1 Å². The average Bonchev–Trinajstić information content (AvgIpc) is 2.45. The quantitative estimate of drug-likeness (QED) is 0.684. The fourth-order valence-corrected chi connectivity index (χ4v) is 2.43. The van der Waals surface area contributed by atoms with Crippen LogP contribution in [0.3, 0.4) is 0 Å². The minimum absolute atomic E-state index is 0.168. The highest BCUT2D eigenvalue weighted by Crippen LogP contribution is 2.37. The molecule has 1 aliphatic heterocycles. The van der Waals surface area contributed by atoms with Crippen molar-refractivity contribution < 1.29 is 14.3 Å². The molecule has 0 saturated heterocycles. The van der Waals surface area contributed by atoms with Crippen LogP contribution in [0.15, 0.2) is 18.2 Å². The van der Waals surface area contributed by atoms with Crippen molar-refractivity contribution >= 4 is 29.0 Å². The standard InChI is InChI=1S/C15H18ClNO3/c1-4-15(5-2)14(19)17-11-8-10(13(18)9(3)16)6-7-12(11)20-15/h6-9H,4-5H2,1-3H3,(H,17,19). The van der Waals surface area contributed by atoms with E-state index < -0.39 is 11.0 Å². The Morgan fingerprint density at radius 1 is 1.40 bits per heavy atom. The summed E-state index contributed by atoms with van der Waals surface area (Å²) in [5.41, 5.74) is 0.171. The molecule has 0 aromatic heterocycles. The molecule has 0 spiro atoms. The van der Waals surface area contributed by atoms with E-state index in [9.17, 15) is 9.59 Å². The highest BCUT2D eigenvalue weighted by molar-refractivity contribution is 6.33. The molecule has 108 valence electrons. The summed E-state index contributed by atoms with van der Waals surface area (Å²) < 4.78 is 5.87. The molecule has 1 aromatic carbocycles. The summed E-state index contributed by atoms with van der Waals surface area (Å²) in [5, 5.41) is 2.23. The lowest BCUT2D eigenvalue weighted by Gasteiger charge is -2.36. The number of halogens is 1. The first-order valence-corrected chi connectivity index (χ1v) is 7.20. The lowest BCUT2D eigenvalue weighted by atomic mass is 9.93. The second kappa shape index (κ2) is 5.44. The van der Waals surface area contributed by atoms with E-state index in [1.165, 1.54) is 0 Å². The van der Waals surface area contributed by atoms with Gasteiger partial charge in [-0.25, -0.2) is 0 Å². The Bertz CT molecular complexity index is 550. The third-order valence-corrected chi connectivity index (χ3v) is 3.93. The highest BCUT2D eigenvalue weighted by Gasteiger charge is 2.41. The number of hydrogen-bond acceptors (Lipinski definition) is 3. The van der Waals surface area contributed by atoms with Gasteiger partial charge in [0.2, 0.25) is 0 Å². The molecule has 1 aliphatic rings. The van der Waals surface area contributed by atoms with Gasteiger partial charge in [0.1, 0.15) is 5.75 Å². The van der Waals surface area contributed by atoms with Crippen molar-refractivity contribution in [3.05, 3.63) is 23.8 Å². The fourth-order valence-electron chi connectivity index (χ4n) is 2.31. The van der Waals surface area contributed by atoms with Gasteiger partial charge in [-0.15, -0.1) is 11.6 Å². The Morgan fingerprint density at radius 3 is 2.60 bits per heavy atom. The number of ether oxygens (including phenoxy) is 1. The van der Waals surface area contributed by atoms with E-state index >= 15 is 0 Å². The van der Waals surface area contributed by atoms with Gasteiger partial charge in [0.15, 0.2) is 11.4 Å². The van der Waals surface area contributed by atoms with Crippen LogP contribution in [0.5, 0.6) is 5.75 Å². The van der Waals surface area contributed by atoms with Crippen LogP contribution in [0.1, 0.15) is 44.0 Å². The minimum atomic E-state index is -0.821. The predicted octanol–water partition coefficient (Wildman–Crippen LogP) is 3.39. The van der Waals surface area contributed by atoms with Crippen LogP contribution in [-0.4, -0.2) is 22.7 Å². The molecular formula is C15H18ClNO3. The molecule has 0 bridgehead atoms.